The molecule has 1 unspecified atom stereocenters. The molecule has 1 aliphatic heterocycles. The van der Waals surface area contributed by atoms with E-state index in [2.05, 4.69) is 0 Å². The Hall–Kier alpha value is -0.620. The average Bonchev–Trinajstić information content (AvgIpc) is 2.81. The maximum Gasteiger partial charge on any atom is 0.242 e. The van der Waals surface area contributed by atoms with E-state index in [1.807, 2.05) is 0 Å². The van der Waals surface area contributed by atoms with Gasteiger partial charge in [-0.1, -0.05) is 17.7 Å². The second kappa shape index (κ2) is 5.57. The van der Waals surface area contributed by atoms with Crippen LogP contribution in [0.15, 0.2) is 29.2 Å². The second-order valence-electron chi connectivity index (χ2n) is 4.38. The fourth-order valence-electron chi connectivity index (χ4n) is 1.98. The minimum atomic E-state index is -3.48. The molecule has 6 heteroatoms. The van der Waals surface area contributed by atoms with Gasteiger partial charge >= 0.3 is 0 Å². The summed E-state index contributed by atoms with van der Waals surface area (Å²) in [6.07, 6.45) is 1.91. The first-order chi connectivity index (χ1) is 8.50. The molecule has 1 atom stereocenters. The summed E-state index contributed by atoms with van der Waals surface area (Å²) in [5, 5.41) is 0.418. The van der Waals surface area contributed by atoms with E-state index in [1.54, 1.807) is 25.2 Å². The van der Waals surface area contributed by atoms with Crippen molar-refractivity contribution in [3.8, 4) is 0 Å². The highest BCUT2D eigenvalue weighted by Gasteiger charge is 2.26. The van der Waals surface area contributed by atoms with Crippen molar-refractivity contribution in [1.29, 1.82) is 0 Å². The fraction of sp³-hybridized carbons (Fsp3) is 0.500. The summed E-state index contributed by atoms with van der Waals surface area (Å²) in [5.74, 6) is 0. The molecule has 0 aromatic heterocycles. The van der Waals surface area contributed by atoms with Gasteiger partial charge in [-0.05, 0) is 31.0 Å². The lowest BCUT2D eigenvalue weighted by atomic mass is 10.2. The van der Waals surface area contributed by atoms with Crippen LogP contribution >= 0.6 is 11.6 Å². The van der Waals surface area contributed by atoms with Gasteiger partial charge in [-0.2, -0.15) is 4.31 Å². The smallest absolute Gasteiger partial charge is 0.242 e. The van der Waals surface area contributed by atoms with E-state index in [-0.39, 0.29) is 11.0 Å². The van der Waals surface area contributed by atoms with Crippen LogP contribution in [-0.4, -0.2) is 39.0 Å². The van der Waals surface area contributed by atoms with E-state index in [9.17, 15) is 8.42 Å². The molecule has 0 amide bonds. The Bertz CT molecular complexity index is 512. The van der Waals surface area contributed by atoms with Crippen LogP contribution in [0.3, 0.4) is 0 Å². The minimum Gasteiger partial charge on any atom is -0.377 e. The lowest BCUT2D eigenvalue weighted by molar-refractivity contribution is 0.0979. The normalized spacial score (nSPS) is 20.5. The molecule has 1 saturated heterocycles. The van der Waals surface area contributed by atoms with Gasteiger partial charge in [0.15, 0.2) is 0 Å². The lowest BCUT2D eigenvalue weighted by Crippen LogP contribution is -2.34. The minimum absolute atomic E-state index is 0.00367. The van der Waals surface area contributed by atoms with Crippen LogP contribution < -0.4 is 0 Å². The van der Waals surface area contributed by atoms with E-state index in [1.165, 1.54) is 10.4 Å². The molecule has 0 bridgehead atoms. The maximum absolute atomic E-state index is 12.3. The summed E-state index contributed by atoms with van der Waals surface area (Å²) in [6.45, 7) is 1.10. The maximum atomic E-state index is 12.3. The molecule has 0 aliphatic carbocycles. The lowest BCUT2D eigenvalue weighted by Gasteiger charge is -2.20. The van der Waals surface area contributed by atoms with Crippen molar-refractivity contribution in [2.24, 2.45) is 0 Å². The predicted molar refractivity (Wildman–Crippen MR) is 70.2 cm³/mol. The monoisotopic (exact) mass is 289 g/mol. The van der Waals surface area contributed by atoms with E-state index in [4.69, 9.17) is 16.3 Å². The Morgan fingerprint density at radius 1 is 1.50 bits per heavy atom. The van der Waals surface area contributed by atoms with Crippen molar-refractivity contribution in [3.63, 3.8) is 0 Å². The Kier molecular flexibility index (Phi) is 4.27. The van der Waals surface area contributed by atoms with E-state index in [0.29, 0.717) is 11.6 Å². The average molecular weight is 290 g/mol. The Morgan fingerprint density at radius 2 is 2.28 bits per heavy atom. The number of hydrogen-bond acceptors (Lipinski definition) is 3. The van der Waals surface area contributed by atoms with Gasteiger partial charge < -0.3 is 4.74 Å². The molecule has 1 aromatic rings. The fourth-order valence-corrected chi connectivity index (χ4v) is 3.48. The Labute approximate surface area is 113 Å². The quantitative estimate of drug-likeness (QED) is 0.853. The number of sulfonamides is 1. The van der Waals surface area contributed by atoms with E-state index < -0.39 is 10.0 Å². The second-order valence-corrected chi connectivity index (χ2v) is 6.86. The zero-order valence-electron chi connectivity index (χ0n) is 10.2. The molecular formula is C12H16ClNO3S. The molecule has 1 heterocycles. The molecule has 1 fully saturated rings. The number of hydrogen-bond donors (Lipinski definition) is 0. The molecular weight excluding hydrogens is 274 g/mol. The van der Waals surface area contributed by atoms with Crippen LogP contribution in [0.25, 0.3) is 0 Å². The van der Waals surface area contributed by atoms with Gasteiger partial charge in [0.05, 0.1) is 11.0 Å². The first kappa shape index (κ1) is 13.8. The SMILES string of the molecule is CN(CC1CCCO1)S(=O)(=O)c1cccc(Cl)c1. The third-order valence-corrected chi connectivity index (χ3v) is 5.04. The summed E-state index contributed by atoms with van der Waals surface area (Å²) in [7, 11) is -1.91. The molecule has 4 nitrogen and oxygen atoms in total. The van der Waals surface area contributed by atoms with Crippen LogP contribution in [0.1, 0.15) is 12.8 Å². The number of benzene rings is 1. The molecule has 0 spiro atoms. The summed E-state index contributed by atoms with van der Waals surface area (Å²) in [6, 6.07) is 6.30. The van der Waals surface area contributed by atoms with Gasteiger partial charge in [0, 0.05) is 25.2 Å². The molecule has 0 radical (unpaired) electrons. The Balaban J connectivity index is 2.14. The van der Waals surface area contributed by atoms with Crippen molar-refractivity contribution < 1.29 is 13.2 Å². The van der Waals surface area contributed by atoms with Crippen molar-refractivity contribution in [2.75, 3.05) is 20.2 Å². The number of nitrogens with zero attached hydrogens (tertiary/aromatic N) is 1. The highest BCUT2D eigenvalue weighted by molar-refractivity contribution is 7.89. The van der Waals surface area contributed by atoms with Crippen molar-refractivity contribution in [1.82, 2.24) is 4.31 Å². The molecule has 18 heavy (non-hydrogen) atoms. The van der Waals surface area contributed by atoms with Gasteiger partial charge in [-0.3, -0.25) is 0 Å². The Morgan fingerprint density at radius 3 is 2.89 bits per heavy atom. The highest BCUT2D eigenvalue weighted by Crippen LogP contribution is 2.21. The van der Waals surface area contributed by atoms with Crippen molar-refractivity contribution >= 4 is 21.6 Å². The van der Waals surface area contributed by atoms with Crippen molar-refractivity contribution in [2.45, 2.75) is 23.8 Å². The van der Waals surface area contributed by atoms with Crippen LogP contribution in [0, 0.1) is 0 Å². The summed E-state index contributed by atoms with van der Waals surface area (Å²) >= 11 is 5.82. The van der Waals surface area contributed by atoms with Crippen molar-refractivity contribution in [3.05, 3.63) is 29.3 Å². The third kappa shape index (κ3) is 3.03. The summed E-state index contributed by atoms with van der Waals surface area (Å²) < 4.78 is 31.3. The van der Waals surface area contributed by atoms with E-state index in [0.717, 1.165) is 19.4 Å². The summed E-state index contributed by atoms with van der Waals surface area (Å²) in [5.41, 5.74) is 0. The first-order valence-electron chi connectivity index (χ1n) is 5.83. The van der Waals surface area contributed by atoms with Crippen LogP contribution in [0.4, 0.5) is 0 Å². The van der Waals surface area contributed by atoms with Gasteiger partial charge in [0.1, 0.15) is 0 Å². The van der Waals surface area contributed by atoms with Crippen LogP contribution in [0.2, 0.25) is 5.02 Å². The zero-order chi connectivity index (χ0) is 13.2. The summed E-state index contributed by atoms with van der Waals surface area (Å²) in [4.78, 5) is 0.218. The van der Waals surface area contributed by atoms with Gasteiger partial charge in [-0.25, -0.2) is 8.42 Å². The molecule has 0 saturated carbocycles. The number of ether oxygens (including phenoxy) is 1. The van der Waals surface area contributed by atoms with Gasteiger partial charge in [0.25, 0.3) is 0 Å². The van der Waals surface area contributed by atoms with E-state index >= 15 is 0 Å². The topological polar surface area (TPSA) is 46.6 Å². The van der Waals surface area contributed by atoms with Crippen LogP contribution in [0.5, 0.6) is 0 Å². The molecule has 0 N–H and O–H groups in total. The molecule has 1 aliphatic rings. The first-order valence-corrected chi connectivity index (χ1v) is 7.65. The third-order valence-electron chi connectivity index (χ3n) is 2.99. The zero-order valence-corrected chi connectivity index (χ0v) is 11.7. The highest BCUT2D eigenvalue weighted by atomic mass is 35.5. The van der Waals surface area contributed by atoms with Gasteiger partial charge in [-0.15, -0.1) is 0 Å². The van der Waals surface area contributed by atoms with Gasteiger partial charge in [0.2, 0.25) is 10.0 Å². The number of rotatable bonds is 4. The molecule has 100 valence electrons. The molecule has 2 rings (SSSR count). The predicted octanol–water partition coefficient (Wildman–Crippen LogP) is 2.14. The molecule has 1 aromatic carbocycles. The number of halogens is 1. The number of likely N-dealkylation sites (N-methyl/N-ethyl adjacent to an activating group) is 1. The largest absolute Gasteiger partial charge is 0.377 e. The van der Waals surface area contributed by atoms with Crippen LogP contribution in [-0.2, 0) is 14.8 Å². The standard InChI is InChI=1S/C12H16ClNO3S/c1-14(9-11-5-3-7-17-11)18(15,16)12-6-2-4-10(13)8-12/h2,4,6,8,11H,3,5,7,9H2,1H3.